The number of aromatic nitrogens is 1. The molecule has 0 aliphatic carbocycles. The molecule has 0 bridgehead atoms. The summed E-state index contributed by atoms with van der Waals surface area (Å²) in [7, 11) is 0. The Balaban J connectivity index is 1.76. The van der Waals surface area contributed by atoms with Crippen molar-refractivity contribution in [1.82, 2.24) is 4.57 Å². The van der Waals surface area contributed by atoms with Crippen molar-refractivity contribution >= 4 is 28.3 Å². The highest BCUT2D eigenvalue weighted by Gasteiger charge is 2.31. The van der Waals surface area contributed by atoms with E-state index in [2.05, 4.69) is 32.0 Å². The van der Waals surface area contributed by atoms with Crippen LogP contribution in [0.3, 0.4) is 0 Å². The molecule has 29 heavy (non-hydrogen) atoms. The molecule has 4 heterocycles. The van der Waals surface area contributed by atoms with Gasteiger partial charge in [-0.2, -0.15) is 0 Å². The van der Waals surface area contributed by atoms with Gasteiger partial charge in [-0.15, -0.1) is 11.3 Å². The molecule has 6 heteroatoms. The molecule has 3 aromatic heterocycles. The van der Waals surface area contributed by atoms with Crippen LogP contribution in [0.2, 0.25) is 0 Å². The number of nitrogens with zero attached hydrogens (tertiary/aromatic N) is 1. The Hall–Kier alpha value is -3.12. The fraction of sp³-hybridized carbons (Fsp3) is 0.217. The van der Waals surface area contributed by atoms with E-state index in [1.807, 2.05) is 22.1 Å². The van der Waals surface area contributed by atoms with E-state index in [-0.39, 0.29) is 17.5 Å². The van der Waals surface area contributed by atoms with Crippen LogP contribution in [0, 0.1) is 5.92 Å². The molecule has 0 saturated carbocycles. The van der Waals surface area contributed by atoms with E-state index in [9.17, 15) is 14.7 Å². The van der Waals surface area contributed by atoms with Crippen LogP contribution >= 0.6 is 11.3 Å². The maximum atomic E-state index is 12.4. The number of hydrogen-bond acceptors (Lipinski definition) is 4. The largest absolute Gasteiger partial charge is 0.477 e. The van der Waals surface area contributed by atoms with Gasteiger partial charge in [0, 0.05) is 34.1 Å². The predicted molar refractivity (Wildman–Crippen MR) is 114 cm³/mol. The Morgan fingerprint density at radius 3 is 2.79 bits per heavy atom. The van der Waals surface area contributed by atoms with Crippen molar-refractivity contribution in [3.8, 4) is 21.9 Å². The number of aromatic carboxylic acids is 1. The molecule has 146 valence electrons. The molecule has 1 aliphatic heterocycles. The van der Waals surface area contributed by atoms with E-state index in [4.69, 9.17) is 4.42 Å². The van der Waals surface area contributed by atoms with E-state index in [1.54, 1.807) is 11.3 Å². The molecule has 0 fully saturated rings. The minimum atomic E-state index is -1.20. The average Bonchev–Trinajstić information content (AvgIpc) is 3.34. The van der Waals surface area contributed by atoms with Crippen LogP contribution in [0.15, 0.2) is 57.2 Å². The van der Waals surface area contributed by atoms with Crippen LogP contribution in [0.5, 0.6) is 0 Å². The van der Waals surface area contributed by atoms with Crippen LogP contribution in [-0.4, -0.2) is 15.6 Å². The number of carbonyl (C=O) groups is 1. The van der Waals surface area contributed by atoms with Crippen molar-refractivity contribution in [1.29, 1.82) is 0 Å². The molecule has 1 atom stereocenters. The third-order valence-corrected chi connectivity index (χ3v) is 6.60. The molecular formula is C23H19NO4S. The average molecular weight is 405 g/mol. The maximum absolute atomic E-state index is 12.4. The number of pyridine rings is 1. The van der Waals surface area contributed by atoms with Gasteiger partial charge in [0.1, 0.15) is 11.1 Å². The highest BCUT2D eigenvalue weighted by molar-refractivity contribution is 7.13. The Bertz CT molecular complexity index is 1310. The summed E-state index contributed by atoms with van der Waals surface area (Å²) in [5, 5.41) is 12.5. The Labute approximate surface area is 170 Å². The van der Waals surface area contributed by atoms with Gasteiger partial charge in [0.2, 0.25) is 0 Å². The van der Waals surface area contributed by atoms with Crippen LogP contribution in [-0.2, 0) is 6.42 Å². The summed E-state index contributed by atoms with van der Waals surface area (Å²) in [4.78, 5) is 25.1. The van der Waals surface area contributed by atoms with Gasteiger partial charge >= 0.3 is 5.97 Å². The molecule has 0 amide bonds. The number of benzene rings is 1. The van der Waals surface area contributed by atoms with Gasteiger partial charge in [-0.25, -0.2) is 4.79 Å². The van der Waals surface area contributed by atoms with Crippen LogP contribution in [0.1, 0.15) is 35.8 Å². The molecule has 0 saturated heterocycles. The van der Waals surface area contributed by atoms with Crippen molar-refractivity contribution in [2.75, 3.05) is 0 Å². The first kappa shape index (κ1) is 17.9. The van der Waals surface area contributed by atoms with Crippen LogP contribution < -0.4 is 5.43 Å². The third kappa shape index (κ3) is 2.75. The topological polar surface area (TPSA) is 72.4 Å². The number of thiophene rings is 1. The molecular weight excluding hydrogens is 386 g/mol. The molecule has 0 spiro atoms. The molecule has 1 unspecified atom stereocenters. The van der Waals surface area contributed by atoms with Gasteiger partial charge in [-0.1, -0.05) is 32.0 Å². The SMILES string of the molecule is CC(C)C1Cc2c(oc3cc(-c4cccs4)ccc23)-c2cc(=O)c(C(=O)O)cn21. The van der Waals surface area contributed by atoms with Gasteiger partial charge in [0.05, 0.1) is 5.69 Å². The molecule has 4 aromatic rings. The molecule has 1 aromatic carbocycles. The maximum Gasteiger partial charge on any atom is 0.341 e. The third-order valence-electron chi connectivity index (χ3n) is 5.68. The number of carboxylic acid groups (broad SMARTS) is 1. The first-order valence-electron chi connectivity index (χ1n) is 9.53. The lowest BCUT2D eigenvalue weighted by molar-refractivity contribution is 0.0694. The highest BCUT2D eigenvalue weighted by atomic mass is 32.1. The van der Waals surface area contributed by atoms with Crippen molar-refractivity contribution < 1.29 is 14.3 Å². The van der Waals surface area contributed by atoms with E-state index < -0.39 is 11.4 Å². The lowest BCUT2D eigenvalue weighted by Crippen LogP contribution is -2.27. The predicted octanol–water partition coefficient (Wildman–Crippen LogP) is 5.44. The fourth-order valence-corrected chi connectivity index (χ4v) is 4.91. The number of fused-ring (bicyclic) bond motifs is 5. The zero-order valence-electron chi connectivity index (χ0n) is 16.0. The summed E-state index contributed by atoms with van der Waals surface area (Å²) in [6.45, 7) is 4.21. The number of rotatable bonds is 3. The van der Waals surface area contributed by atoms with E-state index in [0.717, 1.165) is 28.5 Å². The summed E-state index contributed by atoms with van der Waals surface area (Å²) in [6, 6.07) is 11.8. The Morgan fingerprint density at radius 1 is 1.28 bits per heavy atom. The van der Waals surface area contributed by atoms with Gasteiger partial charge in [-0.05, 0) is 35.4 Å². The lowest BCUT2D eigenvalue weighted by atomic mass is 9.89. The van der Waals surface area contributed by atoms with E-state index in [1.165, 1.54) is 17.1 Å². The first-order chi connectivity index (χ1) is 13.9. The highest BCUT2D eigenvalue weighted by Crippen LogP contribution is 2.43. The molecule has 1 aliphatic rings. The lowest BCUT2D eigenvalue weighted by Gasteiger charge is -2.31. The quantitative estimate of drug-likeness (QED) is 0.492. The van der Waals surface area contributed by atoms with Crippen molar-refractivity contribution in [2.24, 2.45) is 5.92 Å². The van der Waals surface area contributed by atoms with Crippen LogP contribution in [0.25, 0.3) is 32.9 Å². The van der Waals surface area contributed by atoms with Gasteiger partial charge in [0.25, 0.3) is 0 Å². The summed E-state index contributed by atoms with van der Waals surface area (Å²) < 4.78 is 8.14. The second-order valence-corrected chi connectivity index (χ2v) is 8.71. The zero-order chi connectivity index (χ0) is 20.3. The van der Waals surface area contributed by atoms with Crippen molar-refractivity contribution in [3.05, 3.63) is 69.3 Å². The van der Waals surface area contributed by atoms with Crippen molar-refractivity contribution in [3.63, 3.8) is 0 Å². The number of hydrogen-bond donors (Lipinski definition) is 1. The minimum Gasteiger partial charge on any atom is -0.477 e. The molecule has 5 rings (SSSR count). The summed E-state index contributed by atoms with van der Waals surface area (Å²) in [6.07, 6.45) is 2.20. The minimum absolute atomic E-state index is 0.0500. The van der Waals surface area contributed by atoms with Gasteiger partial charge in [0.15, 0.2) is 11.2 Å². The van der Waals surface area contributed by atoms with Gasteiger partial charge < -0.3 is 14.1 Å². The second-order valence-electron chi connectivity index (χ2n) is 7.76. The Kier molecular flexibility index (Phi) is 3.99. The molecule has 0 radical (unpaired) electrons. The normalized spacial score (nSPS) is 15.5. The molecule has 5 nitrogen and oxygen atoms in total. The standard InChI is InChI=1S/C23H19NO4S/c1-12(2)17-9-15-14-6-5-13(21-4-3-7-29-21)8-20(14)28-22(15)18-10-19(25)16(23(26)27)11-24(17)18/h3-8,10-12,17H,9H2,1-2H3,(H,26,27). The van der Waals surface area contributed by atoms with Crippen LogP contribution in [0.4, 0.5) is 0 Å². The summed E-state index contributed by atoms with van der Waals surface area (Å²) >= 11 is 1.68. The Morgan fingerprint density at radius 2 is 2.10 bits per heavy atom. The summed E-state index contributed by atoms with van der Waals surface area (Å²) in [5.74, 6) is -0.278. The first-order valence-corrected chi connectivity index (χ1v) is 10.4. The van der Waals surface area contributed by atoms with Crippen molar-refractivity contribution in [2.45, 2.75) is 26.3 Å². The number of furan rings is 1. The fourth-order valence-electron chi connectivity index (χ4n) is 4.19. The molecule has 1 N–H and O–H groups in total. The monoisotopic (exact) mass is 405 g/mol. The van der Waals surface area contributed by atoms with E-state index >= 15 is 0 Å². The van der Waals surface area contributed by atoms with Gasteiger partial charge in [-0.3, -0.25) is 4.79 Å². The smallest absolute Gasteiger partial charge is 0.341 e. The number of carboxylic acids is 1. The van der Waals surface area contributed by atoms with E-state index in [0.29, 0.717) is 11.5 Å². The zero-order valence-corrected chi connectivity index (χ0v) is 16.8. The summed E-state index contributed by atoms with van der Waals surface area (Å²) in [5.41, 5.74) is 2.90. The second kappa shape index (κ2) is 6.46.